The predicted molar refractivity (Wildman–Crippen MR) is 77.0 cm³/mol. The lowest BCUT2D eigenvalue weighted by atomic mass is 10.1. The fourth-order valence-electron chi connectivity index (χ4n) is 1.73. The number of carbonyl (C=O) groups excluding carboxylic acids is 1. The number of ether oxygens (including phenoxy) is 1. The number of halogens is 2. The second kappa shape index (κ2) is 7.26. The second-order valence-corrected chi connectivity index (χ2v) is 4.25. The highest BCUT2D eigenvalue weighted by Crippen LogP contribution is 2.20. The SMILES string of the molecule is C/C(=N/NC(=O)c1ccncc1)c1ccccc1OC(F)F. The van der Waals surface area contributed by atoms with Gasteiger partial charge in [0.2, 0.25) is 0 Å². The number of hydrogen-bond donors (Lipinski definition) is 1. The molecule has 0 spiro atoms. The van der Waals surface area contributed by atoms with Gasteiger partial charge in [0.25, 0.3) is 5.91 Å². The van der Waals surface area contributed by atoms with E-state index in [0.717, 1.165) is 0 Å². The monoisotopic (exact) mass is 305 g/mol. The van der Waals surface area contributed by atoms with E-state index in [4.69, 9.17) is 0 Å². The molecule has 0 aliphatic heterocycles. The zero-order valence-corrected chi connectivity index (χ0v) is 11.7. The number of hydrogen-bond acceptors (Lipinski definition) is 4. The number of pyridine rings is 1. The Morgan fingerprint density at radius 2 is 1.91 bits per heavy atom. The average molecular weight is 305 g/mol. The summed E-state index contributed by atoms with van der Waals surface area (Å²) in [5.74, 6) is -0.425. The Morgan fingerprint density at radius 1 is 1.23 bits per heavy atom. The van der Waals surface area contributed by atoms with Crippen molar-refractivity contribution in [2.45, 2.75) is 13.5 Å². The molecule has 1 amide bonds. The quantitative estimate of drug-likeness (QED) is 0.682. The van der Waals surface area contributed by atoms with E-state index < -0.39 is 12.5 Å². The fraction of sp³-hybridized carbons (Fsp3) is 0.133. The first-order valence-corrected chi connectivity index (χ1v) is 6.37. The molecule has 7 heteroatoms. The molecular weight excluding hydrogens is 292 g/mol. The van der Waals surface area contributed by atoms with Gasteiger partial charge in [-0.3, -0.25) is 9.78 Å². The molecule has 0 atom stereocenters. The van der Waals surface area contributed by atoms with Crippen LogP contribution < -0.4 is 10.2 Å². The smallest absolute Gasteiger partial charge is 0.387 e. The highest BCUT2D eigenvalue weighted by atomic mass is 19.3. The van der Waals surface area contributed by atoms with E-state index in [1.165, 1.54) is 30.6 Å². The van der Waals surface area contributed by atoms with Crippen LogP contribution in [0.2, 0.25) is 0 Å². The number of carbonyl (C=O) groups is 1. The highest BCUT2D eigenvalue weighted by Gasteiger charge is 2.11. The third kappa shape index (κ3) is 4.08. The van der Waals surface area contributed by atoms with E-state index in [-0.39, 0.29) is 5.75 Å². The Kier molecular flexibility index (Phi) is 5.13. The molecule has 1 N–H and O–H groups in total. The molecule has 0 saturated heterocycles. The van der Waals surface area contributed by atoms with Crippen molar-refractivity contribution in [1.29, 1.82) is 0 Å². The first kappa shape index (κ1) is 15.6. The van der Waals surface area contributed by atoms with Crippen molar-refractivity contribution in [2.24, 2.45) is 5.10 Å². The van der Waals surface area contributed by atoms with Crippen LogP contribution in [-0.2, 0) is 0 Å². The lowest BCUT2D eigenvalue weighted by Gasteiger charge is -2.10. The van der Waals surface area contributed by atoms with Crippen LogP contribution in [0.5, 0.6) is 5.75 Å². The molecule has 0 radical (unpaired) electrons. The summed E-state index contributed by atoms with van der Waals surface area (Å²) in [6, 6.07) is 9.30. The van der Waals surface area contributed by atoms with Gasteiger partial charge >= 0.3 is 6.61 Å². The topological polar surface area (TPSA) is 63.6 Å². The largest absolute Gasteiger partial charge is 0.434 e. The maximum atomic E-state index is 12.4. The van der Waals surface area contributed by atoms with Crippen molar-refractivity contribution < 1.29 is 18.3 Å². The molecule has 2 aromatic rings. The molecule has 1 aromatic heterocycles. The summed E-state index contributed by atoms with van der Waals surface area (Å²) in [5, 5.41) is 3.91. The van der Waals surface area contributed by atoms with Gasteiger partial charge in [-0.15, -0.1) is 0 Å². The summed E-state index contributed by atoms with van der Waals surface area (Å²) in [6.45, 7) is -1.35. The van der Waals surface area contributed by atoms with Crippen LogP contribution in [0.4, 0.5) is 8.78 Å². The van der Waals surface area contributed by atoms with E-state index in [9.17, 15) is 13.6 Å². The Hall–Kier alpha value is -2.83. The van der Waals surface area contributed by atoms with Crippen LogP contribution in [0.25, 0.3) is 0 Å². The number of nitrogens with one attached hydrogen (secondary N) is 1. The minimum atomic E-state index is -2.93. The van der Waals surface area contributed by atoms with Gasteiger partial charge in [-0.25, -0.2) is 5.43 Å². The molecule has 1 heterocycles. The van der Waals surface area contributed by atoms with Crippen molar-refractivity contribution in [3.8, 4) is 5.75 Å². The third-order valence-corrected chi connectivity index (χ3v) is 2.76. The maximum Gasteiger partial charge on any atom is 0.387 e. The van der Waals surface area contributed by atoms with Gasteiger partial charge in [-0.05, 0) is 31.2 Å². The van der Waals surface area contributed by atoms with Crippen LogP contribution in [0.15, 0.2) is 53.9 Å². The Labute approximate surface area is 125 Å². The van der Waals surface area contributed by atoms with Gasteiger partial charge in [0.15, 0.2) is 0 Å². The summed E-state index contributed by atoms with van der Waals surface area (Å²) in [4.78, 5) is 15.7. The first-order chi connectivity index (χ1) is 10.6. The van der Waals surface area contributed by atoms with Gasteiger partial charge in [0, 0.05) is 23.5 Å². The molecule has 0 aliphatic carbocycles. The molecule has 1 aromatic carbocycles. The van der Waals surface area contributed by atoms with Crippen LogP contribution in [-0.4, -0.2) is 23.2 Å². The molecule has 22 heavy (non-hydrogen) atoms. The number of benzene rings is 1. The molecule has 2 rings (SSSR count). The molecule has 0 aliphatic rings. The van der Waals surface area contributed by atoms with Crippen molar-refractivity contribution in [1.82, 2.24) is 10.4 Å². The summed E-state index contributed by atoms with van der Waals surface area (Å²) in [5.41, 5.74) is 3.47. The Morgan fingerprint density at radius 3 is 2.59 bits per heavy atom. The second-order valence-electron chi connectivity index (χ2n) is 4.25. The van der Waals surface area contributed by atoms with Crippen LogP contribution >= 0.6 is 0 Å². The Balaban J connectivity index is 2.14. The third-order valence-electron chi connectivity index (χ3n) is 2.76. The van der Waals surface area contributed by atoms with Crippen LogP contribution in [0.1, 0.15) is 22.8 Å². The van der Waals surface area contributed by atoms with Gasteiger partial charge < -0.3 is 4.74 Å². The number of alkyl halides is 2. The van der Waals surface area contributed by atoms with Crippen LogP contribution in [0.3, 0.4) is 0 Å². The molecule has 0 saturated carbocycles. The highest BCUT2D eigenvalue weighted by molar-refractivity contribution is 6.02. The number of amides is 1. The van der Waals surface area contributed by atoms with E-state index >= 15 is 0 Å². The van der Waals surface area contributed by atoms with Gasteiger partial charge in [0.05, 0.1) is 5.71 Å². The van der Waals surface area contributed by atoms with E-state index in [1.54, 1.807) is 25.1 Å². The molecule has 114 valence electrons. The average Bonchev–Trinajstić information content (AvgIpc) is 2.53. The summed E-state index contributed by atoms with van der Waals surface area (Å²) in [6.07, 6.45) is 2.97. The van der Waals surface area contributed by atoms with Crippen molar-refractivity contribution in [3.63, 3.8) is 0 Å². The number of nitrogens with zero attached hydrogens (tertiary/aromatic N) is 2. The maximum absolute atomic E-state index is 12.4. The summed E-state index contributed by atoms with van der Waals surface area (Å²) >= 11 is 0. The van der Waals surface area contributed by atoms with E-state index in [1.807, 2.05) is 0 Å². The molecule has 0 unspecified atom stereocenters. The van der Waals surface area contributed by atoms with E-state index in [0.29, 0.717) is 16.8 Å². The normalized spacial score (nSPS) is 11.4. The summed E-state index contributed by atoms with van der Waals surface area (Å²) < 4.78 is 29.1. The standard InChI is InChI=1S/C15H13F2N3O2/c1-10(12-4-2-3-5-13(12)22-15(16)17)19-20-14(21)11-6-8-18-9-7-11/h2-9,15H,1H3,(H,20,21)/b19-10-. The van der Waals surface area contributed by atoms with Crippen LogP contribution in [0, 0.1) is 0 Å². The fourth-order valence-corrected chi connectivity index (χ4v) is 1.73. The number of rotatable bonds is 5. The zero-order chi connectivity index (χ0) is 15.9. The molecule has 5 nitrogen and oxygen atoms in total. The molecule has 0 fully saturated rings. The molecule has 0 bridgehead atoms. The van der Waals surface area contributed by atoms with Crippen molar-refractivity contribution in [3.05, 3.63) is 59.9 Å². The summed E-state index contributed by atoms with van der Waals surface area (Å²) in [7, 11) is 0. The Bertz CT molecular complexity index is 675. The minimum absolute atomic E-state index is 0.00286. The molecular formula is C15H13F2N3O2. The zero-order valence-electron chi connectivity index (χ0n) is 11.7. The number of aromatic nitrogens is 1. The lowest BCUT2D eigenvalue weighted by molar-refractivity contribution is -0.0499. The lowest BCUT2D eigenvalue weighted by Crippen LogP contribution is -2.19. The van der Waals surface area contributed by atoms with Crippen molar-refractivity contribution in [2.75, 3.05) is 0 Å². The van der Waals surface area contributed by atoms with Gasteiger partial charge in [-0.1, -0.05) is 12.1 Å². The number of hydrazone groups is 1. The first-order valence-electron chi connectivity index (χ1n) is 6.37. The minimum Gasteiger partial charge on any atom is -0.434 e. The van der Waals surface area contributed by atoms with Gasteiger partial charge in [0.1, 0.15) is 5.75 Å². The van der Waals surface area contributed by atoms with E-state index in [2.05, 4.69) is 20.2 Å². The van der Waals surface area contributed by atoms with Crippen molar-refractivity contribution >= 4 is 11.6 Å². The predicted octanol–water partition coefficient (Wildman–Crippen LogP) is 2.84. The van der Waals surface area contributed by atoms with Gasteiger partial charge in [-0.2, -0.15) is 13.9 Å². The number of para-hydroxylation sites is 1.